The highest BCUT2D eigenvalue weighted by atomic mass is 35.5. The summed E-state index contributed by atoms with van der Waals surface area (Å²) in [4.78, 5) is 15.2. The zero-order valence-corrected chi connectivity index (χ0v) is 13.1. The summed E-state index contributed by atoms with van der Waals surface area (Å²) in [5.41, 5.74) is 0.970. The van der Waals surface area contributed by atoms with E-state index in [4.69, 9.17) is 27.6 Å². The number of aromatic nitrogens is 1. The molecule has 0 aliphatic rings. The lowest BCUT2D eigenvalue weighted by atomic mass is 10.2. The molecule has 124 valence electrons. The van der Waals surface area contributed by atoms with Gasteiger partial charge in [0.2, 0.25) is 5.89 Å². The van der Waals surface area contributed by atoms with E-state index in [1.54, 1.807) is 23.5 Å². The van der Waals surface area contributed by atoms with Crippen LogP contribution in [0.1, 0.15) is 0 Å². The Bertz CT molecular complexity index is 938. The lowest BCUT2D eigenvalue weighted by Gasteiger charge is -2.07. The van der Waals surface area contributed by atoms with Crippen molar-refractivity contribution in [1.29, 1.82) is 0 Å². The second-order valence-corrected chi connectivity index (χ2v) is 5.62. The molecule has 0 bridgehead atoms. The molecular weight excluding hydrogens is 368 g/mol. The topological polar surface area (TPSA) is 55.1 Å². The molecule has 0 unspecified atom stereocenters. The molecule has 0 spiro atoms. The Morgan fingerprint density at radius 3 is 2.58 bits per heavy atom. The number of halogens is 5. The van der Waals surface area contributed by atoms with E-state index in [2.05, 4.69) is 4.98 Å². The third-order valence-electron chi connectivity index (χ3n) is 3.06. The Hall–Kier alpha value is -2.25. The highest BCUT2D eigenvalue weighted by molar-refractivity contribution is 6.35. The van der Waals surface area contributed by atoms with Crippen LogP contribution < -0.4 is 5.32 Å². The molecule has 0 fully saturated rings. The first kappa shape index (κ1) is 16.6. The number of carbonyl (C=O) groups is 1. The van der Waals surface area contributed by atoms with Crippen LogP contribution in [0.15, 0.2) is 40.8 Å². The minimum Gasteiger partial charge on any atom is -0.436 e. The molecule has 3 aromatic rings. The van der Waals surface area contributed by atoms with Gasteiger partial charge in [-0.2, -0.15) is 13.2 Å². The fourth-order valence-electron chi connectivity index (χ4n) is 1.98. The average Bonchev–Trinajstić information content (AvgIpc) is 2.91. The fourth-order valence-corrected chi connectivity index (χ4v) is 2.35. The van der Waals surface area contributed by atoms with Crippen LogP contribution in [0.5, 0.6) is 0 Å². The molecule has 2 aromatic carbocycles. The number of nitrogens with one attached hydrogen (secondary N) is 1. The van der Waals surface area contributed by atoms with Crippen molar-refractivity contribution in [3.63, 3.8) is 0 Å². The number of rotatable bonds is 2. The molecule has 1 N–H and O–H groups in total. The van der Waals surface area contributed by atoms with Gasteiger partial charge in [0.1, 0.15) is 5.52 Å². The van der Waals surface area contributed by atoms with Gasteiger partial charge >= 0.3 is 12.1 Å². The Labute approximate surface area is 143 Å². The summed E-state index contributed by atoms with van der Waals surface area (Å²) in [6, 6.07) is 8.68. The van der Waals surface area contributed by atoms with Gasteiger partial charge < -0.3 is 9.73 Å². The van der Waals surface area contributed by atoms with Gasteiger partial charge in [0, 0.05) is 16.8 Å². The fraction of sp³-hybridized carbons (Fsp3) is 0.0667. The smallest absolute Gasteiger partial charge is 0.436 e. The number of nitrogens with zero attached hydrogens (tertiary/aromatic N) is 1. The molecule has 4 nitrogen and oxygen atoms in total. The number of amides is 1. The molecule has 0 aliphatic carbocycles. The van der Waals surface area contributed by atoms with Crippen LogP contribution in [-0.2, 0) is 4.79 Å². The Kier molecular flexibility index (Phi) is 4.15. The average molecular weight is 375 g/mol. The molecule has 0 saturated carbocycles. The van der Waals surface area contributed by atoms with E-state index in [1.165, 1.54) is 18.2 Å². The van der Waals surface area contributed by atoms with Crippen LogP contribution in [0.4, 0.5) is 18.9 Å². The number of anilines is 1. The Morgan fingerprint density at radius 2 is 1.88 bits per heavy atom. The van der Waals surface area contributed by atoms with E-state index in [0.29, 0.717) is 21.1 Å². The number of carbonyl (C=O) groups excluding carboxylic acids is 1. The predicted octanol–water partition coefficient (Wildman–Crippen LogP) is 5.30. The third kappa shape index (κ3) is 3.32. The number of hydrogen-bond donors (Lipinski definition) is 1. The molecule has 1 amide bonds. The van der Waals surface area contributed by atoms with E-state index in [1.807, 2.05) is 0 Å². The molecule has 9 heteroatoms. The highest BCUT2D eigenvalue weighted by Gasteiger charge is 2.38. The summed E-state index contributed by atoms with van der Waals surface area (Å²) in [6.45, 7) is 0. The number of alkyl halides is 3. The van der Waals surface area contributed by atoms with Crippen molar-refractivity contribution in [3.8, 4) is 11.5 Å². The van der Waals surface area contributed by atoms with Gasteiger partial charge in [0.25, 0.3) is 0 Å². The molecule has 1 aromatic heterocycles. The highest BCUT2D eigenvalue weighted by Crippen LogP contribution is 2.33. The van der Waals surface area contributed by atoms with Crippen molar-refractivity contribution in [1.82, 2.24) is 4.98 Å². The zero-order valence-electron chi connectivity index (χ0n) is 11.6. The Balaban J connectivity index is 1.97. The summed E-state index contributed by atoms with van der Waals surface area (Å²) in [5.74, 6) is -1.91. The summed E-state index contributed by atoms with van der Waals surface area (Å²) in [5, 5.41) is 2.53. The standard InChI is InChI=1S/C15H7Cl2F3N2O2/c16-7-1-3-10(17)9(5-7)13-22-11-4-2-8(6-12(11)24-13)21-14(23)15(18,19)20/h1-6H,(H,21,23). The van der Waals surface area contributed by atoms with Crippen LogP contribution in [0.25, 0.3) is 22.6 Å². The van der Waals surface area contributed by atoms with Crippen molar-refractivity contribution in [3.05, 3.63) is 46.4 Å². The maximum atomic E-state index is 12.3. The lowest BCUT2D eigenvalue weighted by Crippen LogP contribution is -2.29. The first-order chi connectivity index (χ1) is 11.2. The molecular formula is C15H7Cl2F3N2O2. The predicted molar refractivity (Wildman–Crippen MR) is 84.1 cm³/mol. The summed E-state index contributed by atoms with van der Waals surface area (Å²) < 4.78 is 42.4. The second kappa shape index (κ2) is 5.99. The number of fused-ring (bicyclic) bond motifs is 1. The van der Waals surface area contributed by atoms with Crippen LogP contribution in [0, 0.1) is 0 Å². The van der Waals surface area contributed by atoms with E-state index >= 15 is 0 Å². The number of hydrogen-bond acceptors (Lipinski definition) is 3. The van der Waals surface area contributed by atoms with E-state index in [9.17, 15) is 18.0 Å². The number of benzene rings is 2. The van der Waals surface area contributed by atoms with Crippen LogP contribution in [-0.4, -0.2) is 17.1 Å². The maximum absolute atomic E-state index is 12.3. The third-order valence-corrected chi connectivity index (χ3v) is 3.63. The van der Waals surface area contributed by atoms with E-state index in [-0.39, 0.29) is 17.2 Å². The number of oxazole rings is 1. The zero-order chi connectivity index (χ0) is 17.5. The van der Waals surface area contributed by atoms with Crippen molar-refractivity contribution in [2.45, 2.75) is 6.18 Å². The normalized spacial score (nSPS) is 11.7. The molecule has 1 heterocycles. The van der Waals surface area contributed by atoms with Gasteiger partial charge in [0.05, 0.1) is 10.6 Å². The summed E-state index contributed by atoms with van der Waals surface area (Å²) >= 11 is 12.0. The molecule has 0 atom stereocenters. The van der Waals surface area contributed by atoms with Crippen LogP contribution in [0.3, 0.4) is 0 Å². The molecule has 24 heavy (non-hydrogen) atoms. The monoisotopic (exact) mass is 374 g/mol. The molecule has 0 saturated heterocycles. The van der Waals surface area contributed by atoms with Crippen molar-refractivity contribution < 1.29 is 22.4 Å². The molecule has 3 rings (SSSR count). The first-order valence-electron chi connectivity index (χ1n) is 6.48. The molecule has 0 radical (unpaired) electrons. The quantitative estimate of drug-likeness (QED) is 0.661. The largest absolute Gasteiger partial charge is 0.471 e. The van der Waals surface area contributed by atoms with Crippen molar-refractivity contribution in [2.24, 2.45) is 0 Å². The minimum absolute atomic E-state index is 0.0651. The van der Waals surface area contributed by atoms with Gasteiger partial charge in [-0.05, 0) is 30.3 Å². The van der Waals surface area contributed by atoms with E-state index in [0.717, 1.165) is 0 Å². The van der Waals surface area contributed by atoms with Gasteiger partial charge in [-0.25, -0.2) is 4.98 Å². The Morgan fingerprint density at radius 1 is 1.12 bits per heavy atom. The summed E-state index contributed by atoms with van der Waals surface area (Å²) in [7, 11) is 0. The van der Waals surface area contributed by atoms with Crippen molar-refractivity contribution >= 4 is 45.9 Å². The first-order valence-corrected chi connectivity index (χ1v) is 7.24. The minimum atomic E-state index is -4.98. The van der Waals surface area contributed by atoms with Gasteiger partial charge in [-0.1, -0.05) is 23.2 Å². The SMILES string of the molecule is O=C(Nc1ccc2nc(-c3cc(Cl)ccc3Cl)oc2c1)C(F)(F)F. The lowest BCUT2D eigenvalue weighted by molar-refractivity contribution is -0.167. The van der Waals surface area contributed by atoms with E-state index < -0.39 is 12.1 Å². The maximum Gasteiger partial charge on any atom is 0.471 e. The van der Waals surface area contributed by atoms with Crippen LogP contribution in [0.2, 0.25) is 10.0 Å². The van der Waals surface area contributed by atoms with Gasteiger partial charge in [0.15, 0.2) is 5.58 Å². The van der Waals surface area contributed by atoms with Crippen LogP contribution >= 0.6 is 23.2 Å². The van der Waals surface area contributed by atoms with Gasteiger partial charge in [-0.3, -0.25) is 4.79 Å². The van der Waals surface area contributed by atoms with Crippen molar-refractivity contribution in [2.75, 3.05) is 5.32 Å². The second-order valence-electron chi connectivity index (χ2n) is 4.78. The molecule has 0 aliphatic heterocycles. The van der Waals surface area contributed by atoms with Gasteiger partial charge in [-0.15, -0.1) is 0 Å². The summed E-state index contributed by atoms with van der Waals surface area (Å²) in [6.07, 6.45) is -4.98.